The minimum Gasteiger partial charge on any atom is -0.507 e. The fourth-order valence-electron chi connectivity index (χ4n) is 4.26. The molecule has 7 N–H and O–H groups in total. The van der Waals surface area contributed by atoms with Gasteiger partial charge in [-0.2, -0.15) is 15.3 Å². The number of nitrogen functional groups attached to an aromatic ring is 2. The third-order valence-corrected chi connectivity index (χ3v) is 7.17. The Labute approximate surface area is 300 Å². The number of carbonyl (C=O) groups is 2. The second-order valence-corrected chi connectivity index (χ2v) is 10.5. The zero-order valence-electron chi connectivity index (χ0n) is 25.5. The minimum absolute atomic E-state index is 0. The van der Waals surface area contributed by atoms with E-state index >= 15 is 0 Å². The quantitative estimate of drug-likeness (QED) is 0.0637. The van der Waals surface area contributed by atoms with Crippen molar-refractivity contribution in [3.8, 4) is 16.9 Å². The zero-order chi connectivity index (χ0) is 33.7. The number of nitrogens with zero attached hydrogens (tertiary/aromatic N) is 6. The van der Waals surface area contributed by atoms with E-state index in [1.807, 2.05) is 24.3 Å². The molecule has 0 radical (unpaired) electrons. The maximum Gasteiger partial charge on any atom is 1.00 e. The van der Waals surface area contributed by atoms with Gasteiger partial charge in [0.15, 0.2) is 0 Å². The SMILES string of the molecule is Cc1cc(N=Nc2ccc(-c3ccc(N=Nc4ccc(O)c(C(=O)O)c4)cc3)cc2)c(N)c(N=Nc2cc(C(=O)O)ccc2Cl)c1N.[Na+]. The van der Waals surface area contributed by atoms with Crippen LogP contribution in [-0.4, -0.2) is 27.3 Å². The van der Waals surface area contributed by atoms with Crippen LogP contribution in [0.4, 0.5) is 45.5 Å². The molecule has 13 nitrogen and oxygen atoms in total. The van der Waals surface area contributed by atoms with E-state index in [2.05, 4.69) is 30.7 Å². The van der Waals surface area contributed by atoms with Crippen molar-refractivity contribution in [2.24, 2.45) is 30.7 Å². The van der Waals surface area contributed by atoms with Crippen molar-refractivity contribution in [2.45, 2.75) is 6.92 Å². The number of anilines is 2. The molecule has 15 heteroatoms. The maximum atomic E-state index is 11.3. The van der Waals surface area contributed by atoms with E-state index in [4.69, 9.17) is 28.2 Å². The molecule has 5 aromatic rings. The van der Waals surface area contributed by atoms with Gasteiger partial charge in [-0.1, -0.05) is 35.9 Å². The molecule has 0 amide bonds. The number of hydrogen-bond acceptors (Lipinski definition) is 11. The summed E-state index contributed by atoms with van der Waals surface area (Å²) in [5.41, 5.74) is 17.2. The van der Waals surface area contributed by atoms with E-state index < -0.39 is 11.9 Å². The number of rotatable bonds is 9. The van der Waals surface area contributed by atoms with Gasteiger partial charge in [0, 0.05) is 0 Å². The fraction of sp³-hybridized carbons (Fsp3) is 0.0303. The van der Waals surface area contributed by atoms with Gasteiger partial charge in [0.25, 0.3) is 0 Å². The van der Waals surface area contributed by atoms with E-state index in [9.17, 15) is 19.8 Å². The molecule has 0 aliphatic rings. The van der Waals surface area contributed by atoms with Gasteiger partial charge in [-0.3, -0.25) is 0 Å². The van der Waals surface area contributed by atoms with Crippen LogP contribution in [0.5, 0.6) is 5.75 Å². The van der Waals surface area contributed by atoms with Gasteiger partial charge in [0.2, 0.25) is 0 Å². The summed E-state index contributed by atoms with van der Waals surface area (Å²) >= 11 is 6.16. The van der Waals surface area contributed by atoms with Crippen LogP contribution in [0.25, 0.3) is 11.1 Å². The number of aromatic hydroxyl groups is 1. The summed E-state index contributed by atoms with van der Waals surface area (Å²) in [5.74, 6) is -2.74. The van der Waals surface area contributed by atoms with E-state index in [1.54, 1.807) is 37.3 Å². The molecule has 0 bridgehead atoms. The number of carboxylic acid groups (broad SMARTS) is 2. The molecule has 0 aromatic heterocycles. The summed E-state index contributed by atoms with van der Waals surface area (Å²) in [6.45, 7) is 1.76. The molecule has 0 heterocycles. The maximum absolute atomic E-state index is 11.3. The van der Waals surface area contributed by atoms with Crippen LogP contribution in [-0.2, 0) is 0 Å². The Kier molecular flexibility index (Phi) is 11.4. The number of carboxylic acids is 2. The summed E-state index contributed by atoms with van der Waals surface area (Å²) < 4.78 is 0. The first-order chi connectivity index (χ1) is 22.5. The molecule has 48 heavy (non-hydrogen) atoms. The Morgan fingerprint density at radius 2 is 1.17 bits per heavy atom. The van der Waals surface area contributed by atoms with Gasteiger partial charge < -0.3 is 26.8 Å². The summed E-state index contributed by atoms with van der Waals surface area (Å²) in [6, 6.07) is 24.3. The third-order valence-electron chi connectivity index (χ3n) is 6.85. The number of halogens is 1. The molecule has 0 saturated carbocycles. The van der Waals surface area contributed by atoms with Crippen LogP contribution in [0, 0.1) is 6.92 Å². The second-order valence-electron chi connectivity index (χ2n) is 10.1. The molecule has 5 rings (SSSR count). The van der Waals surface area contributed by atoms with Crippen LogP contribution >= 0.6 is 11.6 Å². The molecule has 0 unspecified atom stereocenters. The fourth-order valence-corrected chi connectivity index (χ4v) is 4.41. The molecule has 234 valence electrons. The topological polar surface area (TPSA) is 221 Å². The molecule has 0 atom stereocenters. The first-order valence-electron chi connectivity index (χ1n) is 13.7. The van der Waals surface area contributed by atoms with Gasteiger partial charge in [0.1, 0.15) is 28.4 Å². The normalized spacial score (nSPS) is 11.3. The number of nitrogens with two attached hydrogens (primary N) is 2. The number of azo groups is 3. The monoisotopic (exact) mass is 671 g/mol. The van der Waals surface area contributed by atoms with Crippen molar-refractivity contribution < 1.29 is 54.5 Å². The van der Waals surface area contributed by atoms with E-state index in [-0.39, 0.29) is 74.2 Å². The van der Waals surface area contributed by atoms with E-state index in [0.29, 0.717) is 28.3 Å². The van der Waals surface area contributed by atoms with Crippen LogP contribution in [0.3, 0.4) is 0 Å². The molecule has 0 spiro atoms. The van der Waals surface area contributed by atoms with Gasteiger partial charge in [-0.05, 0) is 90.3 Å². The molecule has 0 aliphatic heterocycles. The van der Waals surface area contributed by atoms with Gasteiger partial charge in [-0.15, -0.1) is 15.3 Å². The van der Waals surface area contributed by atoms with Gasteiger partial charge >= 0.3 is 41.5 Å². The Bertz CT molecular complexity index is 2100. The third kappa shape index (κ3) is 8.27. The minimum atomic E-state index is -1.26. The molecule has 0 fully saturated rings. The predicted octanol–water partition coefficient (Wildman–Crippen LogP) is 6.83. The average Bonchev–Trinajstić information content (AvgIpc) is 3.06. The summed E-state index contributed by atoms with van der Waals surface area (Å²) in [4.78, 5) is 22.5. The van der Waals surface area contributed by atoms with E-state index in [1.165, 1.54) is 36.4 Å². The standard InChI is InChI=1S/C33H25ClN8O5.Na/c1-17-14-27(30(36)31(29(17)35)42-40-26-15-20(32(44)45)6-12-25(26)34)41-38-22-9-4-19(5-10-22)18-2-7-21(8-3-18)37-39-23-11-13-28(43)24(16-23)33(46)47;/h2-16,43H,35-36H2,1H3,(H,44,45)(H,46,47);/q;+1. The number of phenols is 1. The average molecular weight is 672 g/mol. The number of hydrogen-bond donors (Lipinski definition) is 5. The molecule has 0 saturated heterocycles. The van der Waals surface area contributed by atoms with E-state index in [0.717, 1.165) is 11.1 Å². The van der Waals surface area contributed by atoms with Gasteiger partial charge in [-0.25, -0.2) is 9.59 Å². The molecular weight excluding hydrogens is 647 g/mol. The van der Waals surface area contributed by atoms with Crippen molar-refractivity contribution in [1.29, 1.82) is 0 Å². The van der Waals surface area contributed by atoms with Crippen LogP contribution in [0.2, 0.25) is 5.02 Å². The molecular formula is C33H25ClN8NaO5+. The number of aromatic carboxylic acids is 2. The van der Waals surface area contributed by atoms with Crippen molar-refractivity contribution in [3.63, 3.8) is 0 Å². The van der Waals surface area contributed by atoms with Crippen molar-refractivity contribution in [3.05, 3.63) is 113 Å². The van der Waals surface area contributed by atoms with Crippen molar-refractivity contribution in [2.75, 3.05) is 11.5 Å². The van der Waals surface area contributed by atoms with Gasteiger partial charge in [0.05, 0.1) is 39.0 Å². The number of aryl methyl sites for hydroxylation is 1. The number of benzene rings is 5. The second kappa shape index (κ2) is 15.4. The first kappa shape index (κ1) is 35.4. The van der Waals surface area contributed by atoms with Crippen LogP contribution in [0.1, 0.15) is 26.3 Å². The smallest absolute Gasteiger partial charge is 0.507 e. The Morgan fingerprint density at radius 1 is 0.625 bits per heavy atom. The van der Waals surface area contributed by atoms with Crippen LogP contribution in [0.15, 0.2) is 122 Å². The van der Waals surface area contributed by atoms with Crippen LogP contribution < -0.4 is 41.0 Å². The predicted molar refractivity (Wildman–Crippen MR) is 178 cm³/mol. The van der Waals surface area contributed by atoms with Crippen molar-refractivity contribution >= 4 is 69.0 Å². The summed E-state index contributed by atoms with van der Waals surface area (Å²) in [6.07, 6.45) is 0. The van der Waals surface area contributed by atoms with Crippen molar-refractivity contribution in [1.82, 2.24) is 0 Å². The Morgan fingerprint density at radius 3 is 1.75 bits per heavy atom. The zero-order valence-corrected chi connectivity index (χ0v) is 28.3. The Hall–Kier alpha value is -5.47. The largest absolute Gasteiger partial charge is 1.00 e. The molecule has 0 aliphatic carbocycles. The summed E-state index contributed by atoms with van der Waals surface area (Å²) in [7, 11) is 0. The first-order valence-corrected chi connectivity index (χ1v) is 14.1. The molecule has 5 aromatic carbocycles. The Balaban J connectivity index is 0.00000520. The summed E-state index contributed by atoms with van der Waals surface area (Å²) in [5, 5.41) is 53.3.